The molecule has 1 heterocycles. The molecule has 1 aliphatic heterocycles. The summed E-state index contributed by atoms with van der Waals surface area (Å²) in [6.07, 6.45) is 4.64. The number of benzene rings is 1. The van der Waals surface area contributed by atoms with Gasteiger partial charge in [-0.05, 0) is 55.6 Å². The molecule has 0 saturated carbocycles. The van der Waals surface area contributed by atoms with Gasteiger partial charge < -0.3 is 19.7 Å². The number of phenolic OH excluding ortho intramolecular Hbond substituents is 1. The van der Waals surface area contributed by atoms with Crippen molar-refractivity contribution in [2.75, 3.05) is 38.8 Å². The van der Waals surface area contributed by atoms with Crippen LogP contribution in [0.25, 0.3) is 0 Å². The Balaban J connectivity index is 2.07. The fourth-order valence-corrected chi connectivity index (χ4v) is 6.28. The molecule has 3 aliphatic rings. The molecule has 0 aromatic heterocycles. The maximum absolute atomic E-state index is 11.2. The van der Waals surface area contributed by atoms with Gasteiger partial charge >= 0.3 is 0 Å². The molecule has 5 nitrogen and oxygen atoms in total. The molecule has 1 saturated heterocycles. The second-order valence-electron chi connectivity index (χ2n) is 7.91. The van der Waals surface area contributed by atoms with Crippen LogP contribution in [-0.4, -0.2) is 60.0 Å². The van der Waals surface area contributed by atoms with Gasteiger partial charge in [0.2, 0.25) is 0 Å². The van der Waals surface area contributed by atoms with Crippen LogP contribution in [0, 0.1) is 5.92 Å². The zero-order chi connectivity index (χ0) is 20.1. The smallest absolute Gasteiger partial charge is 0.162 e. The molecular formula is C22H28INO4. The van der Waals surface area contributed by atoms with Crippen LogP contribution in [0.4, 0.5) is 0 Å². The van der Waals surface area contributed by atoms with E-state index >= 15 is 0 Å². The van der Waals surface area contributed by atoms with E-state index in [1.807, 2.05) is 6.07 Å². The van der Waals surface area contributed by atoms with E-state index in [0.717, 1.165) is 46.3 Å². The third-order valence-corrected chi connectivity index (χ3v) is 7.74. The van der Waals surface area contributed by atoms with E-state index in [0.29, 0.717) is 18.2 Å². The van der Waals surface area contributed by atoms with Crippen LogP contribution in [0.15, 0.2) is 35.1 Å². The average Bonchev–Trinajstić information content (AvgIpc) is 2.70. The number of methoxy groups -OCH3 is 2. The summed E-state index contributed by atoms with van der Waals surface area (Å²) < 4.78 is 12.3. The van der Waals surface area contributed by atoms with E-state index in [1.165, 1.54) is 5.57 Å². The lowest BCUT2D eigenvalue weighted by Gasteiger charge is -2.56. The molecule has 28 heavy (non-hydrogen) atoms. The maximum Gasteiger partial charge on any atom is 0.162 e. The van der Waals surface area contributed by atoms with Crippen LogP contribution in [0.1, 0.15) is 24.0 Å². The molecule has 1 aromatic carbocycles. The summed E-state index contributed by atoms with van der Waals surface area (Å²) in [5.41, 5.74) is 4.15. The quantitative estimate of drug-likeness (QED) is 0.372. The second kappa shape index (κ2) is 7.54. The highest BCUT2D eigenvalue weighted by Crippen LogP contribution is 2.60. The fraction of sp³-hybridized carbons (Fsp3) is 0.545. The van der Waals surface area contributed by atoms with Crippen LogP contribution in [0.2, 0.25) is 0 Å². The molecule has 1 fully saturated rings. The molecule has 2 bridgehead atoms. The van der Waals surface area contributed by atoms with E-state index < -0.39 is 5.41 Å². The number of allylic oxidation sites excluding steroid dienone is 1. The van der Waals surface area contributed by atoms with E-state index in [9.17, 15) is 10.2 Å². The van der Waals surface area contributed by atoms with Crippen LogP contribution in [0.5, 0.6) is 11.5 Å². The van der Waals surface area contributed by atoms with Crippen LogP contribution >= 0.6 is 22.6 Å². The number of piperidine rings is 1. The summed E-state index contributed by atoms with van der Waals surface area (Å²) in [4.78, 5) is 2.42. The Labute approximate surface area is 180 Å². The average molecular weight is 497 g/mol. The second-order valence-corrected chi connectivity index (χ2v) is 8.79. The van der Waals surface area contributed by atoms with Crippen molar-refractivity contribution in [3.05, 3.63) is 46.2 Å². The van der Waals surface area contributed by atoms with Gasteiger partial charge in [-0.2, -0.15) is 0 Å². The Morgan fingerprint density at radius 2 is 2.07 bits per heavy atom. The van der Waals surface area contributed by atoms with Crippen LogP contribution < -0.4 is 4.74 Å². The number of aromatic hydroxyl groups is 1. The van der Waals surface area contributed by atoms with Crippen molar-refractivity contribution in [1.82, 2.24) is 4.90 Å². The van der Waals surface area contributed by atoms with Crippen molar-refractivity contribution < 1.29 is 19.7 Å². The summed E-state index contributed by atoms with van der Waals surface area (Å²) in [5.74, 6) is 1.88. The van der Waals surface area contributed by atoms with Gasteiger partial charge in [0.25, 0.3) is 0 Å². The lowest BCUT2D eigenvalue weighted by Crippen LogP contribution is -2.56. The van der Waals surface area contributed by atoms with Crippen LogP contribution in [-0.2, 0) is 16.6 Å². The molecule has 0 radical (unpaired) electrons. The number of fused-ring (bicyclic) bond motifs is 1. The predicted octanol–water partition coefficient (Wildman–Crippen LogP) is 3.17. The minimum absolute atomic E-state index is 0.0613. The zero-order valence-corrected chi connectivity index (χ0v) is 18.8. The molecule has 1 aromatic rings. The molecule has 4 rings (SSSR count). The molecule has 2 N–H and O–H groups in total. The number of aliphatic hydroxyl groups excluding tert-OH is 1. The summed E-state index contributed by atoms with van der Waals surface area (Å²) in [5, 5.41) is 21.2. The number of aliphatic hydroxyl groups is 1. The van der Waals surface area contributed by atoms with Crippen molar-refractivity contribution in [1.29, 1.82) is 0 Å². The standard InChI is InChI=1S/C22H28INO4/c1-24-8-7-22-15(6-9-25)21(28-3)14(12-23)10-16(22)17(24)11-13-4-5-18(27-2)20(26)19(13)22/h4-5,10,14,17,25-26H,6-9,11-12H2,1-3H3/t14-,17?,22+/m1/s1. The van der Waals surface area contributed by atoms with Crippen molar-refractivity contribution >= 4 is 22.6 Å². The van der Waals surface area contributed by atoms with E-state index in [1.54, 1.807) is 14.2 Å². The number of alkyl halides is 1. The summed E-state index contributed by atoms with van der Waals surface area (Å²) >= 11 is 2.41. The summed E-state index contributed by atoms with van der Waals surface area (Å²) in [7, 11) is 5.50. The molecule has 3 atom stereocenters. The van der Waals surface area contributed by atoms with E-state index in [2.05, 4.69) is 46.7 Å². The van der Waals surface area contributed by atoms with Gasteiger partial charge in [-0.15, -0.1) is 0 Å². The molecule has 1 unspecified atom stereocenters. The Morgan fingerprint density at radius 3 is 2.71 bits per heavy atom. The number of phenols is 1. The highest BCUT2D eigenvalue weighted by atomic mass is 127. The van der Waals surface area contributed by atoms with Gasteiger partial charge in [-0.1, -0.05) is 34.7 Å². The molecule has 0 spiro atoms. The Hall–Kier alpha value is -1.25. The molecule has 6 heteroatoms. The monoisotopic (exact) mass is 497 g/mol. The normalized spacial score (nSPS) is 29.1. The van der Waals surface area contributed by atoms with Crippen molar-refractivity contribution in [3.8, 4) is 11.5 Å². The number of ether oxygens (including phenoxy) is 2. The molecule has 0 amide bonds. The number of hydrogen-bond donors (Lipinski definition) is 2. The van der Waals surface area contributed by atoms with Gasteiger partial charge in [0.1, 0.15) is 5.76 Å². The first-order valence-electron chi connectivity index (χ1n) is 9.79. The summed E-state index contributed by atoms with van der Waals surface area (Å²) in [6.45, 7) is 0.991. The lowest BCUT2D eigenvalue weighted by molar-refractivity contribution is 0.157. The number of rotatable bonds is 5. The van der Waals surface area contributed by atoms with E-state index in [-0.39, 0.29) is 18.3 Å². The zero-order valence-electron chi connectivity index (χ0n) is 16.7. The molecule has 152 valence electrons. The van der Waals surface area contributed by atoms with Crippen molar-refractivity contribution in [2.45, 2.75) is 30.7 Å². The lowest BCUT2D eigenvalue weighted by atomic mass is 9.54. The first-order chi connectivity index (χ1) is 13.5. The number of hydrogen-bond acceptors (Lipinski definition) is 5. The van der Waals surface area contributed by atoms with Crippen LogP contribution in [0.3, 0.4) is 0 Å². The Morgan fingerprint density at radius 1 is 1.29 bits per heavy atom. The SMILES string of the molecule is COC1=C(CCO)[C@]23CCN(C)C(Cc4ccc(OC)c(O)c42)C3=C[C@@H]1CI. The molecule has 2 aliphatic carbocycles. The minimum atomic E-state index is -0.431. The third-order valence-electron chi connectivity index (χ3n) is 6.79. The van der Waals surface area contributed by atoms with Crippen molar-refractivity contribution in [2.24, 2.45) is 5.92 Å². The highest BCUT2D eigenvalue weighted by Gasteiger charge is 2.55. The number of likely N-dealkylation sites (N-methyl/N-ethyl adjacent to an activating group) is 1. The van der Waals surface area contributed by atoms with Crippen molar-refractivity contribution in [3.63, 3.8) is 0 Å². The maximum atomic E-state index is 11.2. The minimum Gasteiger partial charge on any atom is -0.504 e. The Kier molecular flexibility index (Phi) is 5.39. The largest absolute Gasteiger partial charge is 0.504 e. The van der Waals surface area contributed by atoms with Gasteiger partial charge in [-0.3, -0.25) is 4.90 Å². The number of nitrogens with zero attached hydrogens (tertiary/aromatic N) is 1. The Bertz CT molecular complexity index is 849. The van der Waals surface area contributed by atoms with Gasteiger partial charge in [0, 0.05) is 34.0 Å². The molecular weight excluding hydrogens is 469 g/mol. The highest BCUT2D eigenvalue weighted by molar-refractivity contribution is 14.1. The number of likely N-dealkylation sites (tertiary alicyclic amines) is 1. The summed E-state index contributed by atoms with van der Waals surface area (Å²) in [6, 6.07) is 4.25. The third kappa shape index (κ3) is 2.64. The van der Waals surface area contributed by atoms with Gasteiger partial charge in [-0.25, -0.2) is 0 Å². The number of halogens is 1. The van der Waals surface area contributed by atoms with Gasteiger partial charge in [0.15, 0.2) is 11.5 Å². The fourth-order valence-electron chi connectivity index (χ4n) is 5.63. The van der Waals surface area contributed by atoms with Gasteiger partial charge in [0.05, 0.1) is 14.2 Å². The van der Waals surface area contributed by atoms with E-state index in [4.69, 9.17) is 9.47 Å². The predicted molar refractivity (Wildman–Crippen MR) is 117 cm³/mol. The first-order valence-corrected chi connectivity index (χ1v) is 11.3. The first kappa shape index (κ1) is 20.0. The topological polar surface area (TPSA) is 62.2 Å².